The van der Waals surface area contributed by atoms with Gasteiger partial charge in [-0.1, -0.05) is 12.8 Å². The van der Waals surface area contributed by atoms with Crippen LogP contribution in [-0.2, 0) is 19.1 Å². The van der Waals surface area contributed by atoms with Crippen LogP contribution in [0.2, 0.25) is 0 Å². The summed E-state index contributed by atoms with van der Waals surface area (Å²) >= 11 is 0. The van der Waals surface area contributed by atoms with Gasteiger partial charge in [-0.25, -0.2) is 4.79 Å². The van der Waals surface area contributed by atoms with Crippen molar-refractivity contribution in [1.82, 2.24) is 9.88 Å². The van der Waals surface area contributed by atoms with E-state index in [9.17, 15) is 24.0 Å². The molecule has 1 aliphatic carbocycles. The van der Waals surface area contributed by atoms with E-state index in [0.29, 0.717) is 29.7 Å². The Bertz CT molecular complexity index is 875. The number of likely N-dealkylation sites (tertiary alicyclic amines) is 1. The van der Waals surface area contributed by atoms with Crippen molar-refractivity contribution in [1.29, 1.82) is 0 Å². The maximum atomic E-state index is 12.6. The van der Waals surface area contributed by atoms with Crippen molar-refractivity contribution < 1.29 is 28.7 Å². The monoisotopic (exact) mass is 402 g/mol. The van der Waals surface area contributed by atoms with Crippen LogP contribution < -0.4 is 0 Å². The molecule has 1 saturated heterocycles. The molecular formula is C21H26N2O6. The number of rotatable bonds is 6. The van der Waals surface area contributed by atoms with Gasteiger partial charge in [0.05, 0.1) is 17.5 Å². The summed E-state index contributed by atoms with van der Waals surface area (Å²) in [5.74, 6) is -2.77. The largest absolute Gasteiger partial charge is 0.456 e. The number of ether oxygens (including phenoxy) is 1. The molecule has 3 rings (SSSR count). The number of ketones is 2. The number of amides is 2. The highest BCUT2D eigenvalue weighted by molar-refractivity contribution is 6.08. The molecule has 1 saturated carbocycles. The number of aryl methyl sites for hydroxylation is 1. The van der Waals surface area contributed by atoms with E-state index < -0.39 is 24.4 Å². The molecule has 2 amide bonds. The molecule has 1 aromatic heterocycles. The van der Waals surface area contributed by atoms with Crippen LogP contribution in [0.25, 0.3) is 0 Å². The van der Waals surface area contributed by atoms with E-state index in [2.05, 4.69) is 4.98 Å². The first-order valence-corrected chi connectivity index (χ1v) is 9.92. The van der Waals surface area contributed by atoms with E-state index in [1.165, 1.54) is 13.8 Å². The second-order valence-corrected chi connectivity index (χ2v) is 7.93. The van der Waals surface area contributed by atoms with Crippen molar-refractivity contribution in [3.63, 3.8) is 0 Å². The smallest absolute Gasteiger partial charge is 0.329 e. The Morgan fingerprint density at radius 3 is 2.14 bits per heavy atom. The van der Waals surface area contributed by atoms with Crippen LogP contribution in [-0.4, -0.2) is 51.9 Å². The first-order chi connectivity index (χ1) is 13.6. The highest BCUT2D eigenvalue weighted by Gasteiger charge is 2.51. The van der Waals surface area contributed by atoms with Crippen LogP contribution >= 0.6 is 0 Å². The van der Waals surface area contributed by atoms with E-state index in [-0.39, 0.29) is 35.1 Å². The van der Waals surface area contributed by atoms with Crippen LogP contribution in [0.1, 0.15) is 71.6 Å². The van der Waals surface area contributed by atoms with Gasteiger partial charge in [-0.2, -0.15) is 0 Å². The predicted octanol–water partition coefficient (Wildman–Crippen LogP) is 2.12. The van der Waals surface area contributed by atoms with Crippen LogP contribution in [0.3, 0.4) is 0 Å². The van der Waals surface area contributed by atoms with Gasteiger partial charge in [0.15, 0.2) is 12.4 Å². The fourth-order valence-electron chi connectivity index (χ4n) is 4.56. The number of nitrogens with one attached hydrogen (secondary N) is 1. The molecule has 3 atom stereocenters. The molecule has 156 valence electrons. The highest BCUT2D eigenvalue weighted by atomic mass is 16.5. The Balaban J connectivity index is 1.66. The standard InChI is InChI=1S/C21H26N2O6/c1-10-17(13(4)24)11(2)22-18(10)16(25)9-29-21(28)12(3)23-19(26)14-7-5-6-8-15(14)20(23)27/h12,14-15,22H,5-9H2,1-4H3/t12-,14-,15+/m0/s1. The number of fused-ring (bicyclic) bond motifs is 1. The third kappa shape index (κ3) is 3.63. The van der Waals surface area contributed by atoms with Crippen molar-refractivity contribution >= 4 is 29.4 Å². The lowest BCUT2D eigenvalue weighted by molar-refractivity contribution is -0.157. The summed E-state index contributed by atoms with van der Waals surface area (Å²) in [5, 5.41) is 0. The zero-order chi connectivity index (χ0) is 21.5. The van der Waals surface area contributed by atoms with Gasteiger partial charge < -0.3 is 9.72 Å². The molecule has 8 nitrogen and oxygen atoms in total. The van der Waals surface area contributed by atoms with Crippen molar-refractivity contribution in [2.45, 2.75) is 59.4 Å². The zero-order valence-corrected chi connectivity index (χ0v) is 17.2. The van der Waals surface area contributed by atoms with Crippen LogP contribution in [0, 0.1) is 25.7 Å². The number of carbonyl (C=O) groups excluding carboxylic acids is 5. The fraction of sp³-hybridized carbons (Fsp3) is 0.571. The minimum Gasteiger partial charge on any atom is -0.456 e. The van der Waals surface area contributed by atoms with Crippen LogP contribution in [0.4, 0.5) is 0 Å². The number of nitrogens with zero attached hydrogens (tertiary/aromatic N) is 1. The maximum Gasteiger partial charge on any atom is 0.329 e. The third-order valence-electron chi connectivity index (χ3n) is 6.02. The maximum absolute atomic E-state index is 12.6. The second kappa shape index (κ2) is 7.93. The predicted molar refractivity (Wildman–Crippen MR) is 102 cm³/mol. The summed E-state index contributed by atoms with van der Waals surface area (Å²) in [6, 6.07) is -1.08. The summed E-state index contributed by atoms with van der Waals surface area (Å²) in [7, 11) is 0. The van der Waals surface area contributed by atoms with Gasteiger partial charge in [0.25, 0.3) is 0 Å². The average molecular weight is 402 g/mol. The van der Waals surface area contributed by atoms with Crippen LogP contribution in [0.15, 0.2) is 0 Å². The van der Waals surface area contributed by atoms with Crippen molar-refractivity contribution in [3.8, 4) is 0 Å². The Hall–Kier alpha value is -2.77. The van der Waals surface area contributed by atoms with E-state index in [1.54, 1.807) is 13.8 Å². The van der Waals surface area contributed by atoms with Crippen molar-refractivity contribution in [2.24, 2.45) is 11.8 Å². The number of aromatic amines is 1. The number of hydrogen-bond acceptors (Lipinski definition) is 6. The van der Waals surface area contributed by atoms with Gasteiger partial charge in [0.1, 0.15) is 6.04 Å². The van der Waals surface area contributed by atoms with Gasteiger partial charge in [-0.15, -0.1) is 0 Å². The molecule has 2 heterocycles. The van der Waals surface area contributed by atoms with E-state index >= 15 is 0 Å². The van der Waals surface area contributed by atoms with E-state index in [0.717, 1.165) is 17.7 Å². The van der Waals surface area contributed by atoms with Gasteiger partial charge >= 0.3 is 5.97 Å². The number of H-pyrrole nitrogens is 1. The van der Waals surface area contributed by atoms with Gasteiger partial charge in [-0.3, -0.25) is 24.1 Å². The topological polar surface area (TPSA) is 114 Å². The molecule has 0 spiro atoms. The van der Waals surface area contributed by atoms with Gasteiger partial charge in [-0.05, 0) is 46.1 Å². The van der Waals surface area contributed by atoms with Gasteiger partial charge in [0.2, 0.25) is 17.6 Å². The highest BCUT2D eigenvalue weighted by Crippen LogP contribution is 2.38. The lowest BCUT2D eigenvalue weighted by atomic mass is 9.81. The molecule has 0 unspecified atom stereocenters. The van der Waals surface area contributed by atoms with Crippen molar-refractivity contribution in [2.75, 3.05) is 6.61 Å². The molecule has 29 heavy (non-hydrogen) atoms. The minimum atomic E-state index is -1.08. The van der Waals surface area contributed by atoms with Crippen molar-refractivity contribution in [3.05, 3.63) is 22.5 Å². The fourth-order valence-corrected chi connectivity index (χ4v) is 4.56. The Kier molecular flexibility index (Phi) is 5.73. The summed E-state index contributed by atoms with van der Waals surface area (Å²) in [5.41, 5.74) is 1.75. The molecule has 1 N–H and O–H groups in total. The van der Waals surface area contributed by atoms with E-state index in [1.807, 2.05) is 0 Å². The summed E-state index contributed by atoms with van der Waals surface area (Å²) in [6.07, 6.45) is 3.13. The summed E-state index contributed by atoms with van der Waals surface area (Å²) in [4.78, 5) is 65.7. The summed E-state index contributed by atoms with van der Waals surface area (Å²) in [6.45, 7) is 5.67. The van der Waals surface area contributed by atoms with Gasteiger partial charge in [0, 0.05) is 11.3 Å². The Morgan fingerprint density at radius 2 is 1.66 bits per heavy atom. The molecular weight excluding hydrogens is 376 g/mol. The number of hydrogen-bond donors (Lipinski definition) is 1. The lowest BCUT2D eigenvalue weighted by Gasteiger charge is -2.21. The normalized spacial score (nSPS) is 22.4. The first kappa shape index (κ1) is 21.0. The Morgan fingerprint density at radius 1 is 1.10 bits per heavy atom. The number of carbonyl (C=O) groups is 5. The number of aromatic nitrogens is 1. The molecule has 2 aliphatic rings. The average Bonchev–Trinajstić information content (AvgIpc) is 3.12. The number of esters is 1. The molecule has 1 aromatic rings. The zero-order valence-electron chi connectivity index (χ0n) is 17.2. The molecule has 0 aromatic carbocycles. The number of Topliss-reactive ketones (excluding diaryl/α,β-unsaturated/α-hetero) is 2. The third-order valence-corrected chi connectivity index (χ3v) is 6.02. The lowest BCUT2D eigenvalue weighted by Crippen LogP contribution is -2.44. The number of imide groups is 1. The SMILES string of the molecule is CC(=O)c1c(C)[nH]c(C(=O)COC(=O)[C@H](C)N2C(=O)[C@H]3CCCC[C@H]3C2=O)c1C. The summed E-state index contributed by atoms with van der Waals surface area (Å²) < 4.78 is 5.11. The van der Waals surface area contributed by atoms with E-state index in [4.69, 9.17) is 4.74 Å². The molecule has 0 bridgehead atoms. The first-order valence-electron chi connectivity index (χ1n) is 9.92. The quantitative estimate of drug-likeness (QED) is 0.443. The molecule has 1 aliphatic heterocycles. The minimum absolute atomic E-state index is 0.159. The second-order valence-electron chi connectivity index (χ2n) is 7.93. The Labute approximate surface area is 169 Å². The molecule has 0 radical (unpaired) electrons. The molecule has 8 heteroatoms. The molecule has 2 fully saturated rings. The van der Waals surface area contributed by atoms with Crippen LogP contribution in [0.5, 0.6) is 0 Å².